The smallest absolute Gasteiger partial charge is 0.184 e. The maximum atomic E-state index is 5.97. The molecule has 0 unspecified atom stereocenters. The van der Waals surface area contributed by atoms with E-state index in [1.807, 2.05) is 6.07 Å². The third kappa shape index (κ3) is 5.19. The fraction of sp³-hybridized carbons (Fsp3) is 0.219. The number of fused-ring (bicyclic) bond motifs is 2. The zero-order chi connectivity index (χ0) is 26.6. The molecule has 0 aliphatic rings. The predicted octanol–water partition coefficient (Wildman–Crippen LogP) is 8.03. The van der Waals surface area contributed by atoms with Crippen LogP contribution in [0.4, 0.5) is 0 Å². The minimum absolute atomic E-state index is 0.246. The first kappa shape index (κ1) is 25.3. The number of nitrogens with zero attached hydrogens (tertiary/aromatic N) is 5. The van der Waals surface area contributed by atoms with Crippen molar-refractivity contribution in [2.45, 2.75) is 45.9 Å². The fourth-order valence-corrected chi connectivity index (χ4v) is 5.95. The second-order valence-electron chi connectivity index (χ2n) is 9.81. The Labute approximate surface area is 236 Å². The topological polar surface area (TPSA) is 57.8 Å². The van der Waals surface area contributed by atoms with Crippen molar-refractivity contribution in [3.63, 3.8) is 0 Å². The molecule has 0 bridgehead atoms. The van der Waals surface area contributed by atoms with Gasteiger partial charge in [-0.3, -0.25) is 0 Å². The summed E-state index contributed by atoms with van der Waals surface area (Å²) < 4.78 is 10.9. The van der Waals surface area contributed by atoms with Crippen molar-refractivity contribution in [2.75, 3.05) is 0 Å². The molecule has 0 saturated carbocycles. The Bertz CT molecular complexity index is 1710. The van der Waals surface area contributed by atoms with Crippen LogP contribution in [0.25, 0.3) is 32.9 Å². The average molecular weight is 581 g/mol. The van der Waals surface area contributed by atoms with Gasteiger partial charge in [0.25, 0.3) is 0 Å². The van der Waals surface area contributed by atoms with Crippen molar-refractivity contribution in [2.24, 2.45) is 0 Å². The predicted molar refractivity (Wildman–Crippen MR) is 160 cm³/mol. The van der Waals surface area contributed by atoms with Crippen molar-refractivity contribution in [1.82, 2.24) is 24.8 Å². The summed E-state index contributed by atoms with van der Waals surface area (Å²) in [6, 6.07) is 30.5. The number of rotatable bonds is 10. The number of tetrazole rings is 1. The van der Waals surface area contributed by atoms with Gasteiger partial charge in [-0.25, -0.2) is 0 Å². The summed E-state index contributed by atoms with van der Waals surface area (Å²) in [7, 11) is 0. The highest BCUT2D eigenvalue weighted by molar-refractivity contribution is 9.10. The molecule has 0 fully saturated rings. The lowest BCUT2D eigenvalue weighted by Crippen LogP contribution is -2.06. The van der Waals surface area contributed by atoms with Crippen LogP contribution in [0.2, 0.25) is 0 Å². The lowest BCUT2D eigenvalue weighted by Gasteiger charge is -2.15. The van der Waals surface area contributed by atoms with E-state index in [0.29, 0.717) is 0 Å². The Morgan fingerprint density at radius 1 is 0.872 bits per heavy atom. The van der Waals surface area contributed by atoms with E-state index >= 15 is 0 Å². The Morgan fingerprint density at radius 2 is 1.72 bits per heavy atom. The third-order valence-electron chi connectivity index (χ3n) is 7.23. The van der Waals surface area contributed by atoms with E-state index in [0.717, 1.165) is 34.0 Å². The van der Waals surface area contributed by atoms with Crippen LogP contribution in [0, 0.1) is 0 Å². The number of ether oxygens (including phenoxy) is 1. The Kier molecular flexibility index (Phi) is 7.41. The highest BCUT2D eigenvalue weighted by Gasteiger charge is 2.19. The van der Waals surface area contributed by atoms with Gasteiger partial charge in [0.05, 0.1) is 10.2 Å². The zero-order valence-electron chi connectivity index (χ0n) is 21.9. The molecule has 39 heavy (non-hydrogen) atoms. The molecule has 0 radical (unpaired) electrons. The number of aromatic nitrogens is 5. The normalized spacial score (nSPS) is 11.4. The van der Waals surface area contributed by atoms with E-state index in [1.165, 1.54) is 58.9 Å². The summed E-state index contributed by atoms with van der Waals surface area (Å²) in [6.07, 6.45) is 6.23. The highest BCUT2D eigenvalue weighted by Crippen LogP contribution is 2.39. The summed E-state index contributed by atoms with van der Waals surface area (Å²) in [5.74, 6) is 0.754. The minimum Gasteiger partial charge on any atom is -0.470 e. The number of aryl methyl sites for hydroxylation is 1. The van der Waals surface area contributed by atoms with Gasteiger partial charge in [-0.15, -0.1) is 5.10 Å². The Morgan fingerprint density at radius 3 is 2.54 bits per heavy atom. The van der Waals surface area contributed by atoms with E-state index in [-0.39, 0.29) is 6.73 Å². The molecule has 0 aliphatic heterocycles. The molecule has 6 aromatic rings. The number of hydrogen-bond donors (Lipinski definition) is 0. The van der Waals surface area contributed by atoms with Gasteiger partial charge in [0.2, 0.25) is 0 Å². The summed E-state index contributed by atoms with van der Waals surface area (Å²) >= 11 is 3.78. The Balaban J connectivity index is 1.45. The highest BCUT2D eigenvalue weighted by atomic mass is 79.9. The molecule has 0 N–H and O–H groups in total. The van der Waals surface area contributed by atoms with E-state index in [2.05, 4.69) is 122 Å². The van der Waals surface area contributed by atoms with Gasteiger partial charge in [-0.05, 0) is 84.9 Å². The van der Waals surface area contributed by atoms with E-state index in [1.54, 1.807) is 4.68 Å². The molecule has 7 heteroatoms. The molecule has 2 heterocycles. The monoisotopic (exact) mass is 579 g/mol. The number of unbranched alkanes of at least 4 members (excludes halogenated alkanes) is 2. The molecule has 4 aromatic carbocycles. The summed E-state index contributed by atoms with van der Waals surface area (Å²) in [4.78, 5) is 0. The second-order valence-corrected chi connectivity index (χ2v) is 10.6. The molecule has 0 aliphatic carbocycles. The van der Waals surface area contributed by atoms with Crippen LogP contribution < -0.4 is 4.74 Å². The average Bonchev–Trinajstić information content (AvgIpc) is 3.60. The molecular weight excluding hydrogens is 550 g/mol. The van der Waals surface area contributed by atoms with Crippen LogP contribution in [0.1, 0.15) is 37.3 Å². The molecule has 0 amide bonds. The summed E-state index contributed by atoms with van der Waals surface area (Å²) in [6.45, 7) is 3.34. The van der Waals surface area contributed by atoms with Crippen molar-refractivity contribution in [3.8, 4) is 17.0 Å². The minimum atomic E-state index is 0.246. The van der Waals surface area contributed by atoms with Gasteiger partial charge < -0.3 is 9.30 Å². The lowest BCUT2D eigenvalue weighted by atomic mass is 9.98. The van der Waals surface area contributed by atoms with Crippen LogP contribution in [-0.4, -0.2) is 24.8 Å². The number of para-hydroxylation sites is 1. The maximum Gasteiger partial charge on any atom is 0.184 e. The molecule has 0 atom stereocenters. The van der Waals surface area contributed by atoms with Crippen molar-refractivity contribution in [1.29, 1.82) is 0 Å². The van der Waals surface area contributed by atoms with Crippen molar-refractivity contribution in [3.05, 3.63) is 107 Å². The van der Waals surface area contributed by atoms with Gasteiger partial charge in [0.15, 0.2) is 6.73 Å². The van der Waals surface area contributed by atoms with Crippen molar-refractivity contribution >= 4 is 37.6 Å². The summed E-state index contributed by atoms with van der Waals surface area (Å²) in [5.41, 5.74) is 6.57. The van der Waals surface area contributed by atoms with Crippen molar-refractivity contribution < 1.29 is 4.74 Å². The largest absolute Gasteiger partial charge is 0.470 e. The van der Waals surface area contributed by atoms with E-state index < -0.39 is 0 Å². The first-order valence-electron chi connectivity index (χ1n) is 13.4. The van der Waals surface area contributed by atoms with Crippen LogP contribution in [-0.2, 0) is 19.7 Å². The standard InChI is InChI=1S/C32H30BrN5O/c1-2-3-5-13-28-27-12-8-9-14-29(27)38(20-23-10-6-4-7-11-23)32(28)25-15-17-26-24(19-25)16-18-30(31(26)33)39-22-37-21-34-35-36-37/h4,6-12,14-19,21H,2-3,5,13,20,22H2,1H3. The van der Waals surface area contributed by atoms with Gasteiger partial charge in [0.1, 0.15) is 12.1 Å². The first-order chi connectivity index (χ1) is 19.2. The van der Waals surface area contributed by atoms with Gasteiger partial charge in [-0.1, -0.05) is 86.5 Å². The number of hydrogen-bond acceptors (Lipinski definition) is 4. The zero-order valence-corrected chi connectivity index (χ0v) is 23.5. The molecule has 0 spiro atoms. The van der Waals surface area contributed by atoms with Crippen LogP contribution in [0.15, 0.2) is 95.7 Å². The van der Waals surface area contributed by atoms with Crippen LogP contribution >= 0.6 is 15.9 Å². The van der Waals surface area contributed by atoms with E-state index in [4.69, 9.17) is 4.74 Å². The maximum absolute atomic E-state index is 5.97. The molecular formula is C32H30BrN5O. The quantitative estimate of drug-likeness (QED) is 0.154. The molecule has 6 nitrogen and oxygen atoms in total. The second kappa shape index (κ2) is 11.4. The molecule has 196 valence electrons. The fourth-order valence-electron chi connectivity index (χ4n) is 5.35. The lowest BCUT2D eigenvalue weighted by molar-refractivity contribution is 0.217. The van der Waals surface area contributed by atoms with Gasteiger partial charge in [-0.2, -0.15) is 4.68 Å². The number of benzene rings is 4. The van der Waals surface area contributed by atoms with Crippen LogP contribution in [0.5, 0.6) is 5.75 Å². The van der Waals surface area contributed by atoms with Crippen LogP contribution in [0.3, 0.4) is 0 Å². The van der Waals surface area contributed by atoms with Gasteiger partial charge >= 0.3 is 0 Å². The first-order valence-corrected chi connectivity index (χ1v) is 14.2. The molecule has 2 aromatic heterocycles. The van der Waals surface area contributed by atoms with E-state index in [9.17, 15) is 0 Å². The number of halogens is 1. The SMILES string of the molecule is CCCCCc1c(-c2ccc3c(Br)c(OCn4cnnn4)ccc3c2)n(Cc2ccccc2)c2ccccc12. The Hall–Kier alpha value is -3.97. The summed E-state index contributed by atoms with van der Waals surface area (Å²) in [5, 5.41) is 14.8. The molecule has 0 saturated heterocycles. The third-order valence-corrected chi connectivity index (χ3v) is 8.04. The van der Waals surface area contributed by atoms with Gasteiger partial charge in [0, 0.05) is 17.4 Å². The molecule has 6 rings (SSSR count).